The Bertz CT molecular complexity index is 556. The lowest BCUT2D eigenvalue weighted by molar-refractivity contribution is 0.0968. The van der Waals surface area contributed by atoms with E-state index in [4.69, 9.17) is 0 Å². The molecule has 76 valence electrons. The number of ketones is 1. The van der Waals surface area contributed by atoms with Crippen LogP contribution in [0.4, 0.5) is 4.39 Å². The van der Waals surface area contributed by atoms with Gasteiger partial charge < -0.3 is 4.98 Å². The standard InChI is InChI=1S/C12H10FNO/c13-7-4-5-8-9-2-1-3-11(15)12(9)14-10(8)6-7/h4-6,14H,1-3H2. The fourth-order valence-corrected chi connectivity index (χ4v) is 2.28. The molecule has 1 aromatic heterocycles. The molecular weight excluding hydrogens is 193 g/mol. The molecule has 3 heteroatoms. The molecule has 1 aliphatic carbocycles. The van der Waals surface area contributed by atoms with Gasteiger partial charge in [-0.05, 0) is 36.6 Å². The summed E-state index contributed by atoms with van der Waals surface area (Å²) in [5.74, 6) is -0.124. The maximum Gasteiger partial charge on any atom is 0.179 e. The van der Waals surface area contributed by atoms with Crippen molar-refractivity contribution in [3.63, 3.8) is 0 Å². The third-order valence-electron chi connectivity index (χ3n) is 2.98. The smallest absolute Gasteiger partial charge is 0.179 e. The highest BCUT2D eigenvalue weighted by Crippen LogP contribution is 2.29. The number of rotatable bonds is 0. The van der Waals surface area contributed by atoms with Crippen molar-refractivity contribution in [2.24, 2.45) is 0 Å². The number of halogens is 1. The van der Waals surface area contributed by atoms with Crippen LogP contribution in [0.3, 0.4) is 0 Å². The third kappa shape index (κ3) is 1.19. The first kappa shape index (κ1) is 8.65. The van der Waals surface area contributed by atoms with Gasteiger partial charge in [-0.25, -0.2) is 4.39 Å². The monoisotopic (exact) mass is 203 g/mol. The van der Waals surface area contributed by atoms with E-state index in [1.54, 1.807) is 6.07 Å². The first-order valence-electron chi connectivity index (χ1n) is 5.09. The zero-order valence-electron chi connectivity index (χ0n) is 8.14. The summed E-state index contributed by atoms with van der Waals surface area (Å²) in [5.41, 5.74) is 2.47. The van der Waals surface area contributed by atoms with E-state index in [1.807, 2.05) is 0 Å². The van der Waals surface area contributed by atoms with Crippen molar-refractivity contribution in [3.8, 4) is 0 Å². The molecule has 2 aromatic rings. The molecule has 0 aliphatic heterocycles. The number of H-pyrrole nitrogens is 1. The van der Waals surface area contributed by atoms with Crippen LogP contribution in [0.15, 0.2) is 18.2 Å². The molecule has 0 amide bonds. The summed E-state index contributed by atoms with van der Waals surface area (Å²) in [5, 5.41) is 0.986. The first-order chi connectivity index (χ1) is 7.25. The van der Waals surface area contributed by atoms with Gasteiger partial charge >= 0.3 is 0 Å². The molecule has 3 rings (SSSR count). The van der Waals surface area contributed by atoms with Crippen LogP contribution in [0, 0.1) is 5.82 Å². The molecule has 0 saturated heterocycles. The summed E-state index contributed by atoms with van der Waals surface area (Å²) in [6.45, 7) is 0. The Hall–Kier alpha value is -1.64. The van der Waals surface area contributed by atoms with Crippen molar-refractivity contribution in [2.45, 2.75) is 19.3 Å². The lowest BCUT2D eigenvalue weighted by atomic mass is 9.95. The van der Waals surface area contributed by atoms with Gasteiger partial charge in [0.25, 0.3) is 0 Å². The Labute approximate surface area is 86.1 Å². The molecule has 1 aromatic carbocycles. The number of hydrogen-bond acceptors (Lipinski definition) is 1. The SMILES string of the molecule is O=C1CCCc2c1[nH]c1cc(F)ccc21. The molecule has 0 bridgehead atoms. The van der Waals surface area contributed by atoms with E-state index in [1.165, 1.54) is 12.1 Å². The van der Waals surface area contributed by atoms with Crippen LogP contribution >= 0.6 is 0 Å². The summed E-state index contributed by atoms with van der Waals surface area (Å²) < 4.78 is 13.0. The van der Waals surface area contributed by atoms with Gasteiger partial charge in [-0.2, -0.15) is 0 Å². The van der Waals surface area contributed by atoms with E-state index >= 15 is 0 Å². The highest BCUT2D eigenvalue weighted by atomic mass is 19.1. The zero-order valence-corrected chi connectivity index (χ0v) is 8.14. The largest absolute Gasteiger partial charge is 0.352 e. The zero-order chi connectivity index (χ0) is 10.4. The van der Waals surface area contributed by atoms with Crippen LogP contribution in [0.1, 0.15) is 28.9 Å². The Kier molecular flexibility index (Phi) is 1.69. The second kappa shape index (κ2) is 2.92. The Morgan fingerprint density at radius 1 is 1.27 bits per heavy atom. The van der Waals surface area contributed by atoms with Crippen LogP contribution in [0.25, 0.3) is 10.9 Å². The normalized spacial score (nSPS) is 15.7. The Morgan fingerprint density at radius 3 is 3.00 bits per heavy atom. The fourth-order valence-electron chi connectivity index (χ4n) is 2.28. The molecule has 2 nitrogen and oxygen atoms in total. The van der Waals surface area contributed by atoms with Gasteiger partial charge in [0.15, 0.2) is 5.78 Å². The highest BCUT2D eigenvalue weighted by Gasteiger charge is 2.21. The molecule has 0 fully saturated rings. The van der Waals surface area contributed by atoms with Crippen molar-refractivity contribution in [2.75, 3.05) is 0 Å². The summed E-state index contributed by atoms with van der Waals surface area (Å²) in [4.78, 5) is 14.6. The summed E-state index contributed by atoms with van der Waals surface area (Å²) in [6, 6.07) is 4.63. The van der Waals surface area contributed by atoms with E-state index in [0.29, 0.717) is 12.1 Å². The number of aromatic nitrogens is 1. The van der Waals surface area contributed by atoms with E-state index in [0.717, 1.165) is 29.3 Å². The molecule has 1 aliphatic rings. The number of nitrogens with one attached hydrogen (secondary N) is 1. The molecule has 0 saturated carbocycles. The van der Waals surface area contributed by atoms with Gasteiger partial charge in [-0.3, -0.25) is 4.79 Å². The van der Waals surface area contributed by atoms with Crippen molar-refractivity contribution < 1.29 is 9.18 Å². The Morgan fingerprint density at radius 2 is 2.13 bits per heavy atom. The molecule has 0 spiro atoms. The van der Waals surface area contributed by atoms with Crippen LogP contribution in [-0.2, 0) is 6.42 Å². The number of hydrogen-bond donors (Lipinski definition) is 1. The number of carbonyl (C=O) groups excluding carboxylic acids is 1. The highest BCUT2D eigenvalue weighted by molar-refractivity contribution is 6.03. The van der Waals surface area contributed by atoms with Crippen molar-refractivity contribution >= 4 is 16.7 Å². The van der Waals surface area contributed by atoms with Crippen LogP contribution in [0.2, 0.25) is 0 Å². The minimum Gasteiger partial charge on any atom is -0.352 e. The second-order valence-electron chi connectivity index (χ2n) is 3.95. The van der Waals surface area contributed by atoms with E-state index in [-0.39, 0.29) is 11.6 Å². The van der Waals surface area contributed by atoms with Crippen LogP contribution < -0.4 is 0 Å². The van der Waals surface area contributed by atoms with Gasteiger partial charge in [0.2, 0.25) is 0 Å². The predicted octanol–water partition coefficient (Wildman–Crippen LogP) is 2.83. The van der Waals surface area contributed by atoms with Gasteiger partial charge in [0, 0.05) is 17.3 Å². The minimum absolute atomic E-state index is 0.146. The molecule has 1 N–H and O–H groups in total. The number of aromatic amines is 1. The van der Waals surface area contributed by atoms with Crippen LogP contribution in [-0.4, -0.2) is 10.8 Å². The molecular formula is C12H10FNO. The van der Waals surface area contributed by atoms with E-state index in [2.05, 4.69) is 4.98 Å². The number of Topliss-reactive ketones (excluding diaryl/α,β-unsaturated/α-hetero) is 1. The predicted molar refractivity (Wildman–Crippen MR) is 55.5 cm³/mol. The van der Waals surface area contributed by atoms with E-state index in [9.17, 15) is 9.18 Å². The second-order valence-corrected chi connectivity index (χ2v) is 3.95. The number of benzene rings is 1. The van der Waals surface area contributed by atoms with Gasteiger partial charge in [-0.15, -0.1) is 0 Å². The first-order valence-corrected chi connectivity index (χ1v) is 5.09. The molecule has 15 heavy (non-hydrogen) atoms. The molecule has 0 atom stereocenters. The average molecular weight is 203 g/mol. The van der Waals surface area contributed by atoms with Crippen molar-refractivity contribution in [1.82, 2.24) is 4.98 Å². The quantitative estimate of drug-likeness (QED) is 0.701. The summed E-state index contributed by atoms with van der Waals surface area (Å²) in [6.07, 6.45) is 2.41. The lowest BCUT2D eigenvalue weighted by Crippen LogP contribution is -2.09. The molecule has 0 radical (unpaired) electrons. The van der Waals surface area contributed by atoms with Crippen molar-refractivity contribution in [3.05, 3.63) is 35.3 Å². The third-order valence-corrected chi connectivity index (χ3v) is 2.98. The maximum absolute atomic E-state index is 13.0. The van der Waals surface area contributed by atoms with Gasteiger partial charge in [0.1, 0.15) is 5.82 Å². The number of aryl methyl sites for hydroxylation is 1. The Balaban J connectivity index is 2.35. The van der Waals surface area contributed by atoms with Gasteiger partial charge in [0.05, 0.1) is 5.69 Å². The topological polar surface area (TPSA) is 32.9 Å². The minimum atomic E-state index is -0.270. The van der Waals surface area contributed by atoms with Crippen LogP contribution in [0.5, 0.6) is 0 Å². The number of carbonyl (C=O) groups is 1. The fraction of sp³-hybridized carbons (Fsp3) is 0.250. The molecule has 0 unspecified atom stereocenters. The van der Waals surface area contributed by atoms with E-state index < -0.39 is 0 Å². The summed E-state index contributed by atoms with van der Waals surface area (Å²) >= 11 is 0. The average Bonchev–Trinajstić information content (AvgIpc) is 2.57. The van der Waals surface area contributed by atoms with Gasteiger partial charge in [-0.1, -0.05) is 0 Å². The number of fused-ring (bicyclic) bond motifs is 3. The summed E-state index contributed by atoms with van der Waals surface area (Å²) in [7, 11) is 0. The van der Waals surface area contributed by atoms with Crippen molar-refractivity contribution in [1.29, 1.82) is 0 Å². The maximum atomic E-state index is 13.0. The lowest BCUT2D eigenvalue weighted by Gasteiger charge is -2.09. The molecule has 1 heterocycles.